The molecule has 0 saturated heterocycles. The van der Waals surface area contributed by atoms with E-state index in [-0.39, 0.29) is 6.04 Å². The Morgan fingerprint density at radius 1 is 1.44 bits per heavy atom. The summed E-state index contributed by atoms with van der Waals surface area (Å²) < 4.78 is 0. The lowest BCUT2D eigenvalue weighted by Gasteiger charge is -2.15. The van der Waals surface area contributed by atoms with Gasteiger partial charge in [0.2, 0.25) is 0 Å². The van der Waals surface area contributed by atoms with Gasteiger partial charge in [-0.25, -0.2) is 0 Å². The number of halogens is 1. The van der Waals surface area contributed by atoms with Crippen LogP contribution in [0.2, 0.25) is 5.02 Å². The largest absolute Gasteiger partial charge is 0.370 e. The molecular formula is C13H17ClN2. The minimum Gasteiger partial charge on any atom is -0.370 e. The van der Waals surface area contributed by atoms with E-state index in [1.165, 1.54) is 0 Å². The molecule has 0 spiro atoms. The first-order valence-electron chi connectivity index (χ1n) is 5.45. The molecule has 0 bridgehead atoms. The van der Waals surface area contributed by atoms with Crippen LogP contribution in [-0.2, 0) is 0 Å². The molecule has 2 nitrogen and oxygen atoms in total. The Bertz CT molecular complexity index is 393. The highest BCUT2D eigenvalue weighted by Gasteiger charge is 2.09. The van der Waals surface area contributed by atoms with Crippen LogP contribution in [-0.4, -0.2) is 6.04 Å². The second-order valence-corrected chi connectivity index (χ2v) is 4.83. The van der Waals surface area contributed by atoms with Crippen molar-refractivity contribution >= 4 is 17.3 Å². The average Bonchev–Trinajstić information content (AvgIpc) is 2.22. The summed E-state index contributed by atoms with van der Waals surface area (Å²) in [6.07, 6.45) is 0.835. The van der Waals surface area contributed by atoms with Gasteiger partial charge in [0, 0.05) is 10.7 Å². The Morgan fingerprint density at radius 3 is 2.62 bits per heavy atom. The van der Waals surface area contributed by atoms with E-state index in [0.717, 1.165) is 22.7 Å². The number of nitrogens with one attached hydrogen (secondary N) is 1. The third-order valence-electron chi connectivity index (χ3n) is 2.38. The zero-order valence-electron chi connectivity index (χ0n) is 9.92. The predicted octanol–water partition coefficient (Wildman–Crippen LogP) is 4.00. The van der Waals surface area contributed by atoms with Crippen LogP contribution in [0.5, 0.6) is 0 Å². The van der Waals surface area contributed by atoms with Crippen LogP contribution in [0, 0.1) is 24.2 Å². The van der Waals surface area contributed by atoms with Crippen molar-refractivity contribution in [2.75, 3.05) is 5.32 Å². The Labute approximate surface area is 102 Å². The first-order valence-corrected chi connectivity index (χ1v) is 5.83. The van der Waals surface area contributed by atoms with E-state index < -0.39 is 0 Å². The summed E-state index contributed by atoms with van der Waals surface area (Å²) in [5, 5.41) is 12.9. The highest BCUT2D eigenvalue weighted by molar-refractivity contribution is 6.31. The monoisotopic (exact) mass is 236 g/mol. The van der Waals surface area contributed by atoms with Crippen molar-refractivity contribution in [2.24, 2.45) is 5.92 Å². The fourth-order valence-corrected chi connectivity index (χ4v) is 1.68. The van der Waals surface area contributed by atoms with Gasteiger partial charge in [-0.1, -0.05) is 31.5 Å². The topological polar surface area (TPSA) is 35.8 Å². The van der Waals surface area contributed by atoms with Gasteiger partial charge in [-0.2, -0.15) is 5.26 Å². The summed E-state index contributed by atoms with van der Waals surface area (Å²) in [7, 11) is 0. The van der Waals surface area contributed by atoms with Crippen LogP contribution in [0.25, 0.3) is 0 Å². The Hall–Kier alpha value is -1.20. The lowest BCUT2D eigenvalue weighted by molar-refractivity contribution is 0.568. The van der Waals surface area contributed by atoms with E-state index in [2.05, 4.69) is 25.2 Å². The van der Waals surface area contributed by atoms with E-state index in [9.17, 15) is 0 Å². The molecule has 0 aliphatic rings. The molecule has 0 aromatic heterocycles. The van der Waals surface area contributed by atoms with Crippen LogP contribution in [0.3, 0.4) is 0 Å². The molecule has 1 atom stereocenters. The summed E-state index contributed by atoms with van der Waals surface area (Å²) >= 11 is 6.02. The first-order chi connectivity index (χ1) is 7.52. The third-order valence-corrected chi connectivity index (χ3v) is 2.78. The van der Waals surface area contributed by atoms with Crippen molar-refractivity contribution in [3.8, 4) is 6.07 Å². The average molecular weight is 237 g/mol. The molecule has 0 radical (unpaired) electrons. The van der Waals surface area contributed by atoms with Gasteiger partial charge >= 0.3 is 0 Å². The van der Waals surface area contributed by atoms with Crippen molar-refractivity contribution in [3.05, 3.63) is 28.8 Å². The van der Waals surface area contributed by atoms with Crippen molar-refractivity contribution < 1.29 is 0 Å². The summed E-state index contributed by atoms with van der Waals surface area (Å²) in [6.45, 7) is 6.17. The van der Waals surface area contributed by atoms with Gasteiger partial charge in [0.25, 0.3) is 0 Å². The predicted molar refractivity (Wildman–Crippen MR) is 68.7 cm³/mol. The van der Waals surface area contributed by atoms with Crippen molar-refractivity contribution in [1.29, 1.82) is 5.26 Å². The van der Waals surface area contributed by atoms with Gasteiger partial charge in [-0.3, -0.25) is 0 Å². The molecule has 0 aliphatic heterocycles. The van der Waals surface area contributed by atoms with Gasteiger partial charge in [0.1, 0.15) is 6.04 Å². The molecule has 0 heterocycles. The Morgan fingerprint density at radius 2 is 2.12 bits per heavy atom. The SMILES string of the molecule is Cc1ccc(NC(C#N)CC(C)C)cc1Cl. The normalized spacial score (nSPS) is 12.2. The standard InChI is InChI=1S/C13H17ClN2/c1-9(2)6-12(8-15)16-11-5-4-10(3)13(14)7-11/h4-5,7,9,12,16H,6H2,1-3H3. The highest BCUT2D eigenvalue weighted by atomic mass is 35.5. The van der Waals surface area contributed by atoms with Gasteiger partial charge in [0.15, 0.2) is 0 Å². The molecule has 1 N–H and O–H groups in total. The summed E-state index contributed by atoms with van der Waals surface area (Å²) in [5.74, 6) is 0.498. The maximum absolute atomic E-state index is 9.01. The van der Waals surface area contributed by atoms with E-state index in [1.807, 2.05) is 25.1 Å². The summed E-state index contributed by atoms with van der Waals surface area (Å²) in [4.78, 5) is 0. The number of hydrogen-bond acceptors (Lipinski definition) is 2. The number of hydrogen-bond donors (Lipinski definition) is 1. The van der Waals surface area contributed by atoms with Crippen LogP contribution in [0.15, 0.2) is 18.2 Å². The van der Waals surface area contributed by atoms with Crippen molar-refractivity contribution in [1.82, 2.24) is 0 Å². The lowest BCUT2D eigenvalue weighted by atomic mass is 10.0. The van der Waals surface area contributed by atoms with Gasteiger partial charge in [-0.15, -0.1) is 0 Å². The molecule has 0 fully saturated rings. The van der Waals surface area contributed by atoms with E-state index in [1.54, 1.807) is 0 Å². The van der Waals surface area contributed by atoms with Crippen LogP contribution < -0.4 is 5.32 Å². The minimum atomic E-state index is -0.154. The van der Waals surface area contributed by atoms with Gasteiger partial charge in [-0.05, 0) is 37.0 Å². The molecule has 0 amide bonds. The zero-order valence-corrected chi connectivity index (χ0v) is 10.7. The first kappa shape index (κ1) is 12.9. The smallest absolute Gasteiger partial charge is 0.114 e. The molecule has 0 aliphatic carbocycles. The number of nitriles is 1. The van der Waals surface area contributed by atoms with E-state index >= 15 is 0 Å². The van der Waals surface area contributed by atoms with E-state index in [0.29, 0.717) is 5.92 Å². The van der Waals surface area contributed by atoms with Crippen LogP contribution in [0.4, 0.5) is 5.69 Å². The molecule has 86 valence electrons. The molecule has 1 aromatic rings. The summed E-state index contributed by atoms with van der Waals surface area (Å²) in [5.41, 5.74) is 1.95. The molecule has 1 rings (SSSR count). The van der Waals surface area contributed by atoms with Gasteiger partial charge < -0.3 is 5.32 Å². The molecule has 16 heavy (non-hydrogen) atoms. The van der Waals surface area contributed by atoms with Crippen LogP contribution in [0.1, 0.15) is 25.8 Å². The fraction of sp³-hybridized carbons (Fsp3) is 0.462. The Balaban J connectivity index is 2.71. The quantitative estimate of drug-likeness (QED) is 0.858. The molecular weight excluding hydrogens is 220 g/mol. The van der Waals surface area contributed by atoms with Crippen LogP contribution >= 0.6 is 11.6 Å². The number of anilines is 1. The number of nitrogens with zero attached hydrogens (tertiary/aromatic N) is 1. The molecule has 0 saturated carbocycles. The molecule has 1 unspecified atom stereocenters. The van der Waals surface area contributed by atoms with E-state index in [4.69, 9.17) is 16.9 Å². The zero-order chi connectivity index (χ0) is 12.1. The van der Waals surface area contributed by atoms with Gasteiger partial charge in [0.05, 0.1) is 6.07 Å². The second-order valence-electron chi connectivity index (χ2n) is 4.42. The fourth-order valence-electron chi connectivity index (χ4n) is 1.50. The number of rotatable bonds is 4. The Kier molecular flexibility index (Phi) is 4.64. The maximum atomic E-state index is 9.01. The highest BCUT2D eigenvalue weighted by Crippen LogP contribution is 2.21. The maximum Gasteiger partial charge on any atom is 0.114 e. The number of benzene rings is 1. The number of aryl methyl sites for hydroxylation is 1. The van der Waals surface area contributed by atoms with Crippen molar-refractivity contribution in [2.45, 2.75) is 33.2 Å². The van der Waals surface area contributed by atoms with Crippen molar-refractivity contribution in [3.63, 3.8) is 0 Å². The summed E-state index contributed by atoms with van der Waals surface area (Å²) in [6, 6.07) is 7.87. The molecule has 1 aromatic carbocycles. The minimum absolute atomic E-state index is 0.154. The lowest BCUT2D eigenvalue weighted by Crippen LogP contribution is -2.19. The third kappa shape index (κ3) is 3.75. The second kappa shape index (κ2) is 5.77. The molecule has 3 heteroatoms.